The third-order valence-electron chi connectivity index (χ3n) is 2.48. The normalized spacial score (nSPS) is 11.3. The number of nitrogens with zero attached hydrogens (tertiary/aromatic N) is 1. The van der Waals surface area contributed by atoms with Gasteiger partial charge in [-0.2, -0.15) is 13.2 Å². The molecule has 2 nitrogen and oxygen atoms in total. The van der Waals surface area contributed by atoms with E-state index in [1.165, 1.54) is 30.6 Å². The Morgan fingerprint density at radius 2 is 1.94 bits per heavy atom. The summed E-state index contributed by atoms with van der Waals surface area (Å²) in [4.78, 5) is 14.6. The van der Waals surface area contributed by atoms with Gasteiger partial charge in [-0.1, -0.05) is 12.1 Å². The average Bonchev–Trinajstić information content (AvgIpc) is 2.38. The zero-order chi connectivity index (χ0) is 13.2. The van der Waals surface area contributed by atoms with Gasteiger partial charge in [0.05, 0.1) is 5.56 Å². The summed E-state index contributed by atoms with van der Waals surface area (Å²) in [5.41, 5.74) is 0.297. The van der Waals surface area contributed by atoms with E-state index in [9.17, 15) is 18.0 Å². The van der Waals surface area contributed by atoms with Crippen molar-refractivity contribution in [3.63, 3.8) is 0 Å². The van der Waals surface area contributed by atoms with Gasteiger partial charge in [0.15, 0.2) is 6.29 Å². The summed E-state index contributed by atoms with van der Waals surface area (Å²) in [6, 6.07) is 6.36. The predicted molar refractivity (Wildman–Crippen MR) is 60.1 cm³/mol. The van der Waals surface area contributed by atoms with Gasteiger partial charge in [-0.25, -0.2) is 0 Å². The second kappa shape index (κ2) is 4.60. The minimum Gasteiger partial charge on any atom is -0.298 e. The number of hydrogen-bond acceptors (Lipinski definition) is 2. The number of carbonyl (C=O) groups is 1. The van der Waals surface area contributed by atoms with Crippen molar-refractivity contribution >= 4 is 6.29 Å². The molecule has 0 aliphatic carbocycles. The van der Waals surface area contributed by atoms with Crippen molar-refractivity contribution in [2.45, 2.75) is 6.18 Å². The minimum atomic E-state index is -4.40. The van der Waals surface area contributed by atoms with Gasteiger partial charge in [-0.15, -0.1) is 0 Å². The Morgan fingerprint density at radius 3 is 2.61 bits per heavy atom. The summed E-state index contributed by atoms with van der Waals surface area (Å²) >= 11 is 0. The van der Waals surface area contributed by atoms with Crippen LogP contribution in [0.5, 0.6) is 0 Å². The van der Waals surface area contributed by atoms with E-state index in [-0.39, 0.29) is 5.56 Å². The van der Waals surface area contributed by atoms with Crippen LogP contribution in [0.3, 0.4) is 0 Å². The summed E-state index contributed by atoms with van der Waals surface area (Å²) in [5, 5.41) is 0. The second-order valence-corrected chi connectivity index (χ2v) is 3.66. The Bertz CT molecular complexity index is 578. The van der Waals surface area contributed by atoms with E-state index in [4.69, 9.17) is 0 Å². The molecule has 0 amide bonds. The molecule has 0 bridgehead atoms. The van der Waals surface area contributed by atoms with Gasteiger partial charge in [-0.05, 0) is 29.3 Å². The number of aldehydes is 1. The molecule has 0 saturated carbocycles. The van der Waals surface area contributed by atoms with Crippen LogP contribution in [0.15, 0.2) is 42.7 Å². The molecule has 0 aliphatic heterocycles. The fourth-order valence-corrected chi connectivity index (χ4v) is 1.63. The molecule has 2 rings (SSSR count). The number of aromatic nitrogens is 1. The van der Waals surface area contributed by atoms with Crippen molar-refractivity contribution in [2.75, 3.05) is 0 Å². The summed E-state index contributed by atoms with van der Waals surface area (Å²) in [7, 11) is 0. The summed E-state index contributed by atoms with van der Waals surface area (Å²) in [6.45, 7) is 0. The number of carbonyl (C=O) groups excluding carboxylic acids is 1. The van der Waals surface area contributed by atoms with Gasteiger partial charge in [0.1, 0.15) is 0 Å². The van der Waals surface area contributed by atoms with Crippen LogP contribution in [-0.2, 0) is 6.18 Å². The molecule has 1 heterocycles. The van der Waals surface area contributed by atoms with Gasteiger partial charge in [0.25, 0.3) is 0 Å². The molecule has 0 N–H and O–H groups in total. The molecule has 0 saturated heterocycles. The number of pyridine rings is 1. The Labute approximate surface area is 101 Å². The van der Waals surface area contributed by atoms with Crippen molar-refractivity contribution in [3.05, 3.63) is 53.9 Å². The SMILES string of the molecule is O=Cc1cnccc1-c1cccc(C(F)(F)F)c1. The lowest BCUT2D eigenvalue weighted by Crippen LogP contribution is -2.04. The number of halogens is 3. The highest BCUT2D eigenvalue weighted by molar-refractivity contribution is 5.87. The molecule has 0 aliphatic rings. The zero-order valence-corrected chi connectivity index (χ0v) is 9.11. The van der Waals surface area contributed by atoms with E-state index in [1.807, 2.05) is 0 Å². The van der Waals surface area contributed by atoms with E-state index >= 15 is 0 Å². The zero-order valence-electron chi connectivity index (χ0n) is 9.11. The van der Waals surface area contributed by atoms with Gasteiger partial charge in [0, 0.05) is 18.0 Å². The van der Waals surface area contributed by atoms with E-state index in [0.717, 1.165) is 12.1 Å². The first-order valence-electron chi connectivity index (χ1n) is 5.09. The van der Waals surface area contributed by atoms with Crippen LogP contribution < -0.4 is 0 Å². The van der Waals surface area contributed by atoms with Crippen molar-refractivity contribution in [1.29, 1.82) is 0 Å². The molecule has 0 unspecified atom stereocenters. The van der Waals surface area contributed by atoms with Crippen molar-refractivity contribution in [3.8, 4) is 11.1 Å². The molecule has 1 aromatic heterocycles. The maximum Gasteiger partial charge on any atom is 0.416 e. The van der Waals surface area contributed by atoms with E-state index in [1.54, 1.807) is 0 Å². The maximum atomic E-state index is 12.6. The van der Waals surface area contributed by atoms with Crippen molar-refractivity contribution in [1.82, 2.24) is 4.98 Å². The van der Waals surface area contributed by atoms with Crippen molar-refractivity contribution in [2.24, 2.45) is 0 Å². The third-order valence-corrected chi connectivity index (χ3v) is 2.48. The lowest BCUT2D eigenvalue weighted by atomic mass is 10.0. The fourth-order valence-electron chi connectivity index (χ4n) is 1.63. The number of alkyl halides is 3. The number of rotatable bonds is 2. The summed E-state index contributed by atoms with van der Waals surface area (Å²) in [5.74, 6) is 0. The highest BCUT2D eigenvalue weighted by Gasteiger charge is 2.30. The highest BCUT2D eigenvalue weighted by Crippen LogP contribution is 2.32. The molecule has 1 aromatic carbocycles. The largest absolute Gasteiger partial charge is 0.416 e. The summed E-state index contributed by atoms with van der Waals surface area (Å²) < 4.78 is 37.8. The molecule has 0 fully saturated rings. The van der Waals surface area contributed by atoms with Gasteiger partial charge >= 0.3 is 6.18 Å². The van der Waals surface area contributed by atoms with Gasteiger partial charge in [-0.3, -0.25) is 9.78 Å². The second-order valence-electron chi connectivity index (χ2n) is 3.66. The molecule has 5 heteroatoms. The molecule has 18 heavy (non-hydrogen) atoms. The van der Waals surface area contributed by atoms with Crippen LogP contribution in [0.2, 0.25) is 0 Å². The van der Waals surface area contributed by atoms with Crippen LogP contribution in [0.4, 0.5) is 13.2 Å². The molecule has 0 radical (unpaired) electrons. The van der Waals surface area contributed by atoms with E-state index in [0.29, 0.717) is 17.4 Å². The van der Waals surface area contributed by atoms with Crippen molar-refractivity contribution < 1.29 is 18.0 Å². The average molecular weight is 251 g/mol. The fraction of sp³-hybridized carbons (Fsp3) is 0.0769. The molecule has 0 spiro atoms. The van der Waals surface area contributed by atoms with Crippen LogP contribution in [0.1, 0.15) is 15.9 Å². The first-order valence-corrected chi connectivity index (χ1v) is 5.09. The van der Waals surface area contributed by atoms with Gasteiger partial charge < -0.3 is 0 Å². The number of benzene rings is 1. The Morgan fingerprint density at radius 1 is 1.17 bits per heavy atom. The lowest BCUT2D eigenvalue weighted by Gasteiger charge is -2.09. The van der Waals surface area contributed by atoms with Crippen LogP contribution in [0, 0.1) is 0 Å². The molecule has 92 valence electrons. The molecular formula is C13H8F3NO. The minimum absolute atomic E-state index is 0.261. The first kappa shape index (κ1) is 12.3. The molecular weight excluding hydrogens is 243 g/mol. The van der Waals surface area contributed by atoms with Crippen LogP contribution in [0.25, 0.3) is 11.1 Å². The first-order chi connectivity index (χ1) is 8.52. The third kappa shape index (κ3) is 2.40. The maximum absolute atomic E-state index is 12.6. The monoisotopic (exact) mass is 251 g/mol. The smallest absolute Gasteiger partial charge is 0.298 e. The lowest BCUT2D eigenvalue weighted by molar-refractivity contribution is -0.137. The standard InChI is InChI=1S/C13H8F3NO/c14-13(15,16)11-3-1-2-9(6-11)12-4-5-17-7-10(12)8-18/h1-8H. The Balaban J connectivity index is 2.55. The quantitative estimate of drug-likeness (QED) is 0.763. The Kier molecular flexibility index (Phi) is 3.14. The Hall–Kier alpha value is -2.17. The number of hydrogen-bond donors (Lipinski definition) is 0. The summed E-state index contributed by atoms with van der Waals surface area (Å²) in [6.07, 6.45) is -1.07. The highest BCUT2D eigenvalue weighted by atomic mass is 19.4. The van der Waals surface area contributed by atoms with E-state index < -0.39 is 11.7 Å². The topological polar surface area (TPSA) is 30.0 Å². The van der Waals surface area contributed by atoms with Crippen LogP contribution >= 0.6 is 0 Å². The molecule has 2 aromatic rings. The molecule has 0 atom stereocenters. The van der Waals surface area contributed by atoms with E-state index in [2.05, 4.69) is 4.98 Å². The van der Waals surface area contributed by atoms with Gasteiger partial charge in [0.2, 0.25) is 0 Å². The van der Waals surface area contributed by atoms with Crippen LogP contribution in [-0.4, -0.2) is 11.3 Å². The predicted octanol–water partition coefficient (Wildman–Crippen LogP) is 3.58.